The van der Waals surface area contributed by atoms with Gasteiger partial charge in [0.25, 0.3) is 0 Å². The number of nitrogens with zero attached hydrogens (tertiary/aromatic N) is 2. The van der Waals surface area contributed by atoms with E-state index < -0.39 is 0 Å². The standard InChI is InChI=1S/C14H35N3Si/c1-8-13(6)18-15-14(7,16(9-2)10-3)17(11-4)12-5/h13,15H,8-12,18H2,1-7H3. The van der Waals surface area contributed by atoms with E-state index in [2.05, 4.69) is 63.2 Å². The van der Waals surface area contributed by atoms with E-state index in [4.69, 9.17) is 0 Å². The minimum absolute atomic E-state index is 0.0443. The molecule has 0 heterocycles. The fourth-order valence-electron chi connectivity index (χ4n) is 2.61. The van der Waals surface area contributed by atoms with E-state index in [1.54, 1.807) is 0 Å². The van der Waals surface area contributed by atoms with Gasteiger partial charge in [0.05, 0.1) is 9.68 Å². The second kappa shape index (κ2) is 9.07. The Morgan fingerprint density at radius 1 is 0.944 bits per heavy atom. The number of rotatable bonds is 10. The summed E-state index contributed by atoms with van der Waals surface area (Å²) in [6, 6.07) is 0. The molecule has 3 nitrogen and oxygen atoms in total. The van der Waals surface area contributed by atoms with Crippen LogP contribution in [0.3, 0.4) is 0 Å². The Balaban J connectivity index is 4.88. The smallest absolute Gasteiger partial charge is 0.119 e. The highest BCUT2D eigenvalue weighted by Gasteiger charge is 2.34. The van der Waals surface area contributed by atoms with Gasteiger partial charge in [0, 0.05) is 0 Å². The Labute approximate surface area is 117 Å². The molecule has 1 unspecified atom stereocenters. The van der Waals surface area contributed by atoms with Gasteiger partial charge in [-0.3, -0.25) is 9.80 Å². The first-order chi connectivity index (χ1) is 8.49. The summed E-state index contributed by atoms with van der Waals surface area (Å²) in [5.41, 5.74) is 0.871. The lowest BCUT2D eigenvalue weighted by molar-refractivity contribution is -0.0460. The lowest BCUT2D eigenvalue weighted by Crippen LogP contribution is -2.68. The largest absolute Gasteiger partial charge is 0.313 e. The molecule has 0 radical (unpaired) electrons. The van der Waals surface area contributed by atoms with Gasteiger partial charge in [-0.2, -0.15) is 0 Å². The fraction of sp³-hybridized carbons (Fsp3) is 1.00. The molecule has 0 spiro atoms. The molecule has 0 fully saturated rings. The van der Waals surface area contributed by atoms with E-state index in [1.807, 2.05) is 0 Å². The van der Waals surface area contributed by atoms with Gasteiger partial charge in [-0.05, 0) is 38.6 Å². The van der Waals surface area contributed by atoms with Crippen molar-refractivity contribution < 1.29 is 0 Å². The molecular formula is C14H35N3Si. The van der Waals surface area contributed by atoms with Gasteiger partial charge in [-0.1, -0.05) is 48.0 Å². The Morgan fingerprint density at radius 2 is 1.33 bits per heavy atom. The van der Waals surface area contributed by atoms with Crippen LogP contribution in [-0.2, 0) is 0 Å². The zero-order valence-electron chi connectivity index (χ0n) is 13.7. The summed E-state index contributed by atoms with van der Waals surface area (Å²) in [5, 5.41) is 0. The summed E-state index contributed by atoms with van der Waals surface area (Å²) in [5.74, 6) is 0.0443. The maximum Gasteiger partial charge on any atom is 0.119 e. The molecule has 0 bridgehead atoms. The van der Waals surface area contributed by atoms with Crippen molar-refractivity contribution in [2.75, 3.05) is 26.2 Å². The second-order valence-corrected chi connectivity index (χ2v) is 7.42. The van der Waals surface area contributed by atoms with Gasteiger partial charge in [-0.25, -0.2) is 0 Å². The molecular weight excluding hydrogens is 238 g/mol. The van der Waals surface area contributed by atoms with Gasteiger partial charge in [0.2, 0.25) is 0 Å². The minimum Gasteiger partial charge on any atom is -0.313 e. The molecule has 1 atom stereocenters. The van der Waals surface area contributed by atoms with Crippen LogP contribution in [0.4, 0.5) is 0 Å². The van der Waals surface area contributed by atoms with Crippen molar-refractivity contribution in [2.45, 2.75) is 66.2 Å². The van der Waals surface area contributed by atoms with Crippen LogP contribution in [0, 0.1) is 0 Å². The quantitative estimate of drug-likeness (QED) is 0.486. The third-order valence-electron chi connectivity index (χ3n) is 4.24. The van der Waals surface area contributed by atoms with Gasteiger partial charge in [0.1, 0.15) is 5.79 Å². The first-order valence-electron chi connectivity index (χ1n) is 7.75. The Hall–Kier alpha value is 0.0969. The van der Waals surface area contributed by atoms with E-state index in [9.17, 15) is 0 Å². The number of hydrogen-bond acceptors (Lipinski definition) is 3. The summed E-state index contributed by atoms with van der Waals surface area (Å²) < 4.78 is 0. The molecule has 0 saturated heterocycles. The van der Waals surface area contributed by atoms with E-state index >= 15 is 0 Å². The van der Waals surface area contributed by atoms with Gasteiger partial charge >= 0.3 is 0 Å². The predicted molar refractivity (Wildman–Crippen MR) is 85.6 cm³/mol. The number of nitrogens with one attached hydrogen (secondary N) is 1. The van der Waals surface area contributed by atoms with E-state index in [-0.39, 0.29) is 15.5 Å². The van der Waals surface area contributed by atoms with Gasteiger partial charge in [-0.15, -0.1) is 0 Å². The molecule has 0 aromatic heterocycles. The second-order valence-electron chi connectivity index (χ2n) is 5.26. The van der Waals surface area contributed by atoms with Gasteiger partial charge < -0.3 is 4.98 Å². The third kappa shape index (κ3) is 4.65. The highest BCUT2D eigenvalue weighted by molar-refractivity contribution is 6.34. The van der Waals surface area contributed by atoms with Crippen LogP contribution in [-0.4, -0.2) is 51.4 Å². The van der Waals surface area contributed by atoms with Crippen LogP contribution in [0.25, 0.3) is 0 Å². The maximum atomic E-state index is 3.94. The summed E-state index contributed by atoms with van der Waals surface area (Å²) in [7, 11) is -0.225. The predicted octanol–water partition coefficient (Wildman–Crippen LogP) is 2.24. The summed E-state index contributed by atoms with van der Waals surface area (Å²) >= 11 is 0. The van der Waals surface area contributed by atoms with Crippen molar-refractivity contribution in [1.82, 2.24) is 14.8 Å². The SMILES string of the molecule is CCC(C)[SiH2]NC(C)(N(CC)CC)N(CC)CC. The lowest BCUT2D eigenvalue weighted by atomic mass is 10.2. The maximum absolute atomic E-state index is 3.94. The van der Waals surface area contributed by atoms with Crippen molar-refractivity contribution in [3.05, 3.63) is 0 Å². The van der Waals surface area contributed by atoms with Gasteiger partial charge in [0.15, 0.2) is 0 Å². The van der Waals surface area contributed by atoms with Crippen molar-refractivity contribution in [2.24, 2.45) is 0 Å². The van der Waals surface area contributed by atoms with Crippen LogP contribution in [0.5, 0.6) is 0 Å². The van der Waals surface area contributed by atoms with Crippen molar-refractivity contribution >= 4 is 9.68 Å². The molecule has 0 amide bonds. The molecule has 4 heteroatoms. The highest BCUT2D eigenvalue weighted by atomic mass is 28.2. The van der Waals surface area contributed by atoms with Crippen molar-refractivity contribution in [1.29, 1.82) is 0 Å². The average Bonchev–Trinajstić information content (AvgIpc) is 2.38. The van der Waals surface area contributed by atoms with Crippen LogP contribution >= 0.6 is 0 Å². The Bertz CT molecular complexity index is 191. The molecule has 0 saturated carbocycles. The normalized spacial score (nSPS) is 15.2. The highest BCUT2D eigenvalue weighted by Crippen LogP contribution is 2.18. The average molecular weight is 274 g/mol. The minimum atomic E-state index is -0.225. The molecule has 0 rings (SSSR count). The molecule has 0 aromatic rings. The monoisotopic (exact) mass is 273 g/mol. The van der Waals surface area contributed by atoms with E-state index in [0.717, 1.165) is 31.7 Å². The molecule has 0 aliphatic rings. The van der Waals surface area contributed by atoms with Crippen LogP contribution in [0.1, 0.15) is 54.9 Å². The molecule has 110 valence electrons. The van der Waals surface area contributed by atoms with Crippen molar-refractivity contribution in [3.8, 4) is 0 Å². The summed E-state index contributed by atoms with van der Waals surface area (Å²) in [6.07, 6.45) is 1.30. The lowest BCUT2D eigenvalue weighted by Gasteiger charge is -2.49. The molecule has 0 aromatic carbocycles. The first-order valence-corrected chi connectivity index (χ1v) is 9.27. The third-order valence-corrected chi connectivity index (χ3v) is 6.39. The molecule has 0 aliphatic carbocycles. The fourth-order valence-corrected chi connectivity index (χ4v) is 4.09. The van der Waals surface area contributed by atoms with E-state index in [1.165, 1.54) is 6.42 Å². The number of hydrogen-bond donors (Lipinski definition) is 1. The Kier molecular flexibility index (Phi) is 9.12. The zero-order chi connectivity index (χ0) is 14.2. The molecule has 1 N–H and O–H groups in total. The van der Waals surface area contributed by atoms with Crippen LogP contribution < -0.4 is 4.98 Å². The first kappa shape index (κ1) is 18.1. The Morgan fingerprint density at radius 3 is 1.61 bits per heavy atom. The van der Waals surface area contributed by atoms with E-state index in [0.29, 0.717) is 0 Å². The molecule has 18 heavy (non-hydrogen) atoms. The molecule has 0 aliphatic heterocycles. The van der Waals surface area contributed by atoms with Crippen LogP contribution in [0.2, 0.25) is 5.54 Å². The van der Waals surface area contributed by atoms with Crippen LogP contribution in [0.15, 0.2) is 0 Å². The summed E-state index contributed by atoms with van der Waals surface area (Å²) in [4.78, 5) is 9.04. The topological polar surface area (TPSA) is 18.5 Å². The van der Waals surface area contributed by atoms with Crippen molar-refractivity contribution in [3.63, 3.8) is 0 Å². The summed E-state index contributed by atoms with van der Waals surface area (Å²) in [6.45, 7) is 20.5. The zero-order valence-corrected chi connectivity index (χ0v) is 15.1.